The summed E-state index contributed by atoms with van der Waals surface area (Å²) in [5.41, 5.74) is 24.9. The number of para-hydroxylation sites is 1. The minimum absolute atomic E-state index is 0.000977. The maximum atomic E-state index is 6.89. The summed E-state index contributed by atoms with van der Waals surface area (Å²) in [7, 11) is 0. The van der Waals surface area contributed by atoms with Crippen molar-refractivity contribution in [3.63, 3.8) is 0 Å². The molecule has 1 saturated carbocycles. The largest absolute Gasteiger partial charge is 0.456 e. The summed E-state index contributed by atoms with van der Waals surface area (Å²) in [4.78, 5) is 8.39. The summed E-state index contributed by atoms with van der Waals surface area (Å²) >= 11 is 1.93. The number of anilines is 8. The quantitative estimate of drug-likeness (QED) is 0.165. The average molecular weight is 1090 g/mol. The van der Waals surface area contributed by atoms with Crippen LogP contribution in [0.25, 0.3) is 42.1 Å². The normalized spacial score (nSPS) is 22.5. The molecular weight excluding hydrogens is 1010 g/mol. The highest BCUT2D eigenvalue weighted by atomic mass is 32.1. The third-order valence-electron chi connectivity index (χ3n) is 22.5. The number of thiophene rings is 1. The zero-order valence-corrected chi connectivity index (χ0v) is 51.5. The maximum Gasteiger partial charge on any atom is 0.252 e. The summed E-state index contributed by atoms with van der Waals surface area (Å²) in [5.74, 6) is 0. The highest BCUT2D eigenvalue weighted by Gasteiger charge is 2.59. The molecule has 2 atom stereocenters. The molecule has 1 fully saturated rings. The van der Waals surface area contributed by atoms with Crippen molar-refractivity contribution in [1.82, 2.24) is 0 Å². The van der Waals surface area contributed by atoms with E-state index in [2.05, 4.69) is 244 Å². The molecule has 4 nitrogen and oxygen atoms in total. The van der Waals surface area contributed by atoms with Gasteiger partial charge in [0.05, 0.1) is 22.3 Å². The Morgan fingerprint density at radius 1 is 0.451 bits per heavy atom. The molecule has 0 amide bonds. The summed E-state index contributed by atoms with van der Waals surface area (Å²) in [6.45, 7) is 32.3. The van der Waals surface area contributed by atoms with E-state index >= 15 is 0 Å². The van der Waals surface area contributed by atoms with Crippen molar-refractivity contribution < 1.29 is 4.42 Å². The Bertz CT molecular complexity index is 4430. The highest BCUT2D eigenvalue weighted by molar-refractivity contribution is 7.26. The van der Waals surface area contributed by atoms with Crippen LogP contribution in [0.2, 0.25) is 0 Å². The van der Waals surface area contributed by atoms with Crippen LogP contribution in [-0.2, 0) is 32.5 Å². The average Bonchev–Trinajstić information content (AvgIpc) is 1.82. The Hall–Kier alpha value is -6.76. The lowest BCUT2D eigenvalue weighted by Crippen LogP contribution is -2.62. The van der Waals surface area contributed by atoms with Gasteiger partial charge in [0, 0.05) is 65.1 Å². The molecule has 0 saturated heterocycles. The molecule has 8 aromatic carbocycles. The monoisotopic (exact) mass is 1090 g/mol. The molecule has 16 rings (SSSR count). The maximum absolute atomic E-state index is 6.89. The van der Waals surface area contributed by atoms with Gasteiger partial charge >= 0.3 is 0 Å². The molecule has 3 aliphatic carbocycles. The molecule has 82 heavy (non-hydrogen) atoms. The third-order valence-corrected chi connectivity index (χ3v) is 23.6. The van der Waals surface area contributed by atoms with Crippen LogP contribution in [0.15, 0.2) is 144 Å². The lowest BCUT2D eigenvalue weighted by Gasteiger charge is -2.51. The molecule has 6 aliphatic rings. The Morgan fingerprint density at radius 2 is 1.10 bits per heavy atom. The van der Waals surface area contributed by atoms with Crippen LogP contribution in [0.5, 0.6) is 0 Å². The molecule has 2 unspecified atom stereocenters. The Kier molecular flexibility index (Phi) is 10.3. The summed E-state index contributed by atoms with van der Waals surface area (Å²) in [5, 5.41) is 4.93. The van der Waals surface area contributed by atoms with Crippen LogP contribution < -0.4 is 31.1 Å². The number of benzene rings is 8. The second-order valence-corrected chi connectivity index (χ2v) is 31.2. The fraction of sp³-hybridized carbons (Fsp3) is 0.368. The Labute approximate surface area is 490 Å². The second kappa shape index (κ2) is 16.5. The molecular formula is C76H78BN3OS. The van der Waals surface area contributed by atoms with Crippen molar-refractivity contribution in [1.29, 1.82) is 0 Å². The van der Waals surface area contributed by atoms with Crippen molar-refractivity contribution in [3.8, 4) is 0 Å². The van der Waals surface area contributed by atoms with Crippen LogP contribution in [-0.4, -0.2) is 12.3 Å². The first-order valence-corrected chi connectivity index (χ1v) is 31.7. The number of hydrogen-bond acceptors (Lipinski definition) is 5. The van der Waals surface area contributed by atoms with Gasteiger partial charge in [-0.15, -0.1) is 11.3 Å². The molecule has 6 heteroatoms. The van der Waals surface area contributed by atoms with Crippen molar-refractivity contribution in [3.05, 3.63) is 173 Å². The zero-order valence-electron chi connectivity index (χ0n) is 50.7. The fourth-order valence-corrected chi connectivity index (χ4v) is 18.4. The molecule has 0 bridgehead atoms. The van der Waals surface area contributed by atoms with Gasteiger partial charge < -0.3 is 19.1 Å². The van der Waals surface area contributed by atoms with Gasteiger partial charge in [0.15, 0.2) is 0 Å². The van der Waals surface area contributed by atoms with Crippen LogP contribution in [0, 0.1) is 0 Å². The van der Waals surface area contributed by atoms with E-state index in [9.17, 15) is 0 Å². The van der Waals surface area contributed by atoms with E-state index in [-0.39, 0.29) is 44.7 Å². The third kappa shape index (κ3) is 6.74. The van der Waals surface area contributed by atoms with Gasteiger partial charge in [-0.25, -0.2) is 0 Å². The van der Waals surface area contributed by atoms with Gasteiger partial charge in [-0.05, 0) is 189 Å². The van der Waals surface area contributed by atoms with Gasteiger partial charge in [0.25, 0.3) is 6.71 Å². The zero-order chi connectivity index (χ0) is 56.6. The molecule has 0 spiro atoms. The molecule has 3 aliphatic heterocycles. The van der Waals surface area contributed by atoms with Crippen LogP contribution >= 0.6 is 11.3 Å². The minimum atomic E-state index is -0.188. The molecule has 0 N–H and O–H groups in total. The van der Waals surface area contributed by atoms with Crippen LogP contribution in [0.3, 0.4) is 0 Å². The van der Waals surface area contributed by atoms with Crippen molar-refractivity contribution in [2.75, 3.05) is 14.7 Å². The Balaban J connectivity index is 1.10. The summed E-state index contributed by atoms with van der Waals surface area (Å²) in [6, 6.07) is 55.7. The first-order chi connectivity index (χ1) is 39.0. The SMILES string of the molecule is CC(C)(C)c1ccc2c(c1)C1(C)CCCCC1(C)N2c1cc2c3c(c1)N(c1cccc4oc5ccccc5c14)c1c(ccc4sc5ccccc5c14)B3c1cc3c(cc1N2c1ccc2c(c1)C(C)(C)CCC2(C)C)C(C)(C)CCC3(C)C. The van der Waals surface area contributed by atoms with Crippen molar-refractivity contribution >= 4 is 122 Å². The highest BCUT2D eigenvalue weighted by Crippen LogP contribution is 2.63. The first-order valence-electron chi connectivity index (χ1n) is 30.9. The van der Waals surface area contributed by atoms with Gasteiger partial charge in [-0.3, -0.25) is 0 Å². The summed E-state index contributed by atoms with van der Waals surface area (Å²) < 4.78 is 9.52. The summed E-state index contributed by atoms with van der Waals surface area (Å²) in [6.07, 6.45) is 9.37. The predicted molar refractivity (Wildman–Crippen MR) is 353 cm³/mol. The standard InChI is InChI=1S/C76H78BN3OS/c1-70(2,3)45-27-31-57-54(39-45)75(12)33-18-19-34-76(75,13)80(57)47-41-60-68-61(42-47)79(58-23-20-25-63-66(58)48-21-14-16-24-62(48)81-63)69-55(30-32-65-67(69)49-22-15-17-26-64(49)82-65)77(68)56-43-52-53(74(10,11)38-37-73(52,8)9)44-59(56)78(60)46-28-29-50-51(40-46)72(6,7)36-35-71(50,4)5/h14-17,20-32,39-44H,18-19,33-38H2,1-13H3. The smallest absolute Gasteiger partial charge is 0.252 e. The van der Waals surface area contributed by atoms with E-state index in [1.165, 1.54) is 129 Å². The van der Waals surface area contributed by atoms with E-state index in [1.807, 2.05) is 11.3 Å². The lowest BCUT2D eigenvalue weighted by atomic mass is 9.33. The van der Waals surface area contributed by atoms with Crippen LogP contribution in [0.4, 0.5) is 45.5 Å². The van der Waals surface area contributed by atoms with Gasteiger partial charge in [0.2, 0.25) is 0 Å². The van der Waals surface area contributed by atoms with E-state index in [0.717, 1.165) is 59.7 Å². The Morgan fingerprint density at radius 3 is 1.84 bits per heavy atom. The van der Waals surface area contributed by atoms with Crippen molar-refractivity contribution in [2.24, 2.45) is 0 Å². The molecule has 2 aromatic heterocycles. The van der Waals surface area contributed by atoms with Crippen molar-refractivity contribution in [2.45, 2.75) is 179 Å². The number of hydrogen-bond donors (Lipinski definition) is 0. The predicted octanol–water partition coefficient (Wildman–Crippen LogP) is 19.8. The topological polar surface area (TPSA) is 22.9 Å². The number of fused-ring (bicyclic) bond motifs is 16. The van der Waals surface area contributed by atoms with Gasteiger partial charge in [-0.2, -0.15) is 0 Å². The molecule has 10 aromatic rings. The number of furan rings is 1. The number of nitrogens with zero attached hydrogens (tertiary/aromatic N) is 3. The fourth-order valence-electron chi connectivity index (χ4n) is 17.3. The van der Waals surface area contributed by atoms with E-state index in [1.54, 1.807) is 0 Å². The number of rotatable bonds is 3. The first kappa shape index (κ1) is 50.9. The lowest BCUT2D eigenvalue weighted by molar-refractivity contribution is 0.195. The molecule has 0 radical (unpaired) electrons. The minimum Gasteiger partial charge on any atom is -0.456 e. The molecule has 5 heterocycles. The van der Waals surface area contributed by atoms with Gasteiger partial charge in [0.1, 0.15) is 11.2 Å². The van der Waals surface area contributed by atoms with E-state index in [0.29, 0.717) is 0 Å². The molecule has 412 valence electrons. The van der Waals surface area contributed by atoms with E-state index in [4.69, 9.17) is 4.42 Å². The second-order valence-electron chi connectivity index (χ2n) is 30.1. The van der Waals surface area contributed by atoms with Gasteiger partial charge in [-0.1, -0.05) is 169 Å². The van der Waals surface area contributed by atoms with Crippen LogP contribution in [0.1, 0.15) is 175 Å². The van der Waals surface area contributed by atoms with E-state index < -0.39 is 0 Å².